The Morgan fingerprint density at radius 3 is 2.85 bits per heavy atom. The quantitative estimate of drug-likeness (QED) is 0.467. The van der Waals surface area contributed by atoms with Gasteiger partial charge in [-0.2, -0.15) is 5.10 Å². The summed E-state index contributed by atoms with van der Waals surface area (Å²) in [5, 5.41) is 6.89. The van der Waals surface area contributed by atoms with Crippen LogP contribution in [0.25, 0.3) is 33.1 Å². The number of carbonyl (C=O) groups excluding carboxylic acids is 1. The van der Waals surface area contributed by atoms with Gasteiger partial charge in [0.1, 0.15) is 17.0 Å². The van der Waals surface area contributed by atoms with E-state index in [1.807, 2.05) is 0 Å². The van der Waals surface area contributed by atoms with Gasteiger partial charge < -0.3 is 15.5 Å². The van der Waals surface area contributed by atoms with E-state index in [1.165, 1.54) is 25.4 Å². The number of methoxy groups -OCH3 is 1. The topological polar surface area (TPSA) is 127 Å². The molecular formula is C18H14FN5O3. The van der Waals surface area contributed by atoms with Crippen molar-refractivity contribution in [2.45, 2.75) is 6.92 Å². The Kier molecular flexibility index (Phi) is 3.65. The van der Waals surface area contributed by atoms with Gasteiger partial charge in [0.15, 0.2) is 5.69 Å². The third-order valence-electron chi connectivity index (χ3n) is 4.42. The Hall–Kier alpha value is -3.75. The molecule has 4 rings (SSSR count). The number of aromatic nitrogens is 4. The summed E-state index contributed by atoms with van der Waals surface area (Å²) in [6.07, 6.45) is 1.44. The number of hydrogen-bond acceptors (Lipinski definition) is 6. The zero-order valence-electron chi connectivity index (χ0n) is 14.4. The summed E-state index contributed by atoms with van der Waals surface area (Å²) in [6.45, 7) is 1.68. The third kappa shape index (κ3) is 2.43. The minimum absolute atomic E-state index is 0.0937. The Morgan fingerprint density at radius 1 is 1.33 bits per heavy atom. The summed E-state index contributed by atoms with van der Waals surface area (Å²) in [5.74, 6) is -1.10. The maximum atomic E-state index is 14.0. The van der Waals surface area contributed by atoms with Gasteiger partial charge in [-0.05, 0) is 30.2 Å². The molecule has 0 bridgehead atoms. The lowest BCUT2D eigenvalue weighted by atomic mass is 9.98. The van der Waals surface area contributed by atoms with E-state index < -0.39 is 17.3 Å². The number of nitrogens with zero attached hydrogens (tertiary/aromatic N) is 2. The first-order chi connectivity index (χ1) is 12.9. The lowest BCUT2D eigenvalue weighted by Gasteiger charge is -2.12. The van der Waals surface area contributed by atoms with E-state index in [2.05, 4.69) is 20.2 Å². The molecule has 4 N–H and O–H groups in total. The average Bonchev–Trinajstić information content (AvgIpc) is 3.14. The van der Waals surface area contributed by atoms with E-state index in [-0.39, 0.29) is 16.9 Å². The standard InChI is InChI=1S/C18H14FN5O3/c1-7-5-11-16(23-14(7)18(26)27-2)12(13(20)17(25)22-11)8-3-4-10(19)15-9(8)6-21-24-15/h3-6H,20H2,1-2H3,(H,21,24)(H,22,25). The van der Waals surface area contributed by atoms with Crippen LogP contribution < -0.4 is 11.3 Å². The number of hydrogen-bond donors (Lipinski definition) is 3. The predicted octanol–water partition coefficient (Wildman–Crippen LogP) is 2.28. The number of nitrogens with two attached hydrogens (primary N) is 1. The molecule has 0 unspecified atom stereocenters. The molecule has 1 aromatic carbocycles. The smallest absolute Gasteiger partial charge is 0.356 e. The fraction of sp³-hybridized carbons (Fsp3) is 0.111. The Morgan fingerprint density at radius 2 is 2.11 bits per heavy atom. The number of carbonyl (C=O) groups is 1. The second-order valence-electron chi connectivity index (χ2n) is 6.04. The maximum Gasteiger partial charge on any atom is 0.356 e. The van der Waals surface area contributed by atoms with Crippen molar-refractivity contribution in [3.8, 4) is 11.1 Å². The molecule has 136 valence electrons. The zero-order valence-corrected chi connectivity index (χ0v) is 14.4. The van der Waals surface area contributed by atoms with Crippen LogP contribution in [-0.2, 0) is 4.74 Å². The van der Waals surface area contributed by atoms with Crippen LogP contribution in [0, 0.1) is 12.7 Å². The fourth-order valence-corrected chi connectivity index (χ4v) is 3.13. The predicted molar refractivity (Wildman–Crippen MR) is 97.9 cm³/mol. The molecule has 4 aromatic rings. The number of aryl methyl sites for hydroxylation is 1. The minimum Gasteiger partial charge on any atom is -0.464 e. The molecule has 0 aliphatic heterocycles. The number of halogens is 1. The zero-order chi connectivity index (χ0) is 19.3. The SMILES string of the molecule is COC(=O)c1nc2c(-c3ccc(F)c4[nH]ncc34)c(N)c(=O)[nH]c2cc1C. The number of benzene rings is 1. The summed E-state index contributed by atoms with van der Waals surface area (Å²) in [5.41, 5.74) is 7.73. The molecule has 0 fully saturated rings. The number of esters is 1. The molecule has 0 aliphatic rings. The number of pyridine rings is 2. The van der Waals surface area contributed by atoms with Gasteiger partial charge in [-0.15, -0.1) is 0 Å². The van der Waals surface area contributed by atoms with Crippen LogP contribution in [0.2, 0.25) is 0 Å². The van der Waals surface area contributed by atoms with Crippen molar-refractivity contribution < 1.29 is 13.9 Å². The molecule has 0 saturated heterocycles. The van der Waals surface area contributed by atoms with Crippen molar-refractivity contribution in [2.24, 2.45) is 0 Å². The molecule has 0 spiro atoms. The van der Waals surface area contributed by atoms with E-state index in [1.54, 1.807) is 13.0 Å². The van der Waals surface area contributed by atoms with Gasteiger partial charge in [0.25, 0.3) is 5.56 Å². The van der Waals surface area contributed by atoms with E-state index in [9.17, 15) is 14.0 Å². The Balaban J connectivity index is 2.17. The molecule has 27 heavy (non-hydrogen) atoms. The minimum atomic E-state index is -0.613. The molecule has 0 aliphatic carbocycles. The number of aromatic amines is 2. The van der Waals surface area contributed by atoms with Crippen molar-refractivity contribution in [3.05, 3.63) is 51.8 Å². The molecule has 0 saturated carbocycles. The molecule has 8 nitrogen and oxygen atoms in total. The molecule has 3 aromatic heterocycles. The molecule has 9 heteroatoms. The van der Waals surface area contributed by atoms with Gasteiger partial charge in [-0.25, -0.2) is 14.2 Å². The number of ether oxygens (including phenoxy) is 1. The van der Waals surface area contributed by atoms with Crippen molar-refractivity contribution >= 4 is 33.6 Å². The normalized spacial score (nSPS) is 11.2. The maximum absolute atomic E-state index is 14.0. The average molecular weight is 367 g/mol. The Bertz CT molecular complexity index is 1290. The number of nitrogens with one attached hydrogen (secondary N) is 2. The fourth-order valence-electron chi connectivity index (χ4n) is 3.13. The first-order valence-corrected chi connectivity index (χ1v) is 7.95. The van der Waals surface area contributed by atoms with Crippen LogP contribution >= 0.6 is 0 Å². The van der Waals surface area contributed by atoms with Gasteiger partial charge in [-0.3, -0.25) is 9.89 Å². The van der Waals surface area contributed by atoms with Gasteiger partial charge in [0.05, 0.1) is 24.3 Å². The monoisotopic (exact) mass is 367 g/mol. The second kappa shape index (κ2) is 5.90. The number of rotatable bonds is 2. The van der Waals surface area contributed by atoms with E-state index in [4.69, 9.17) is 10.5 Å². The highest BCUT2D eigenvalue weighted by Gasteiger charge is 2.21. The number of fused-ring (bicyclic) bond motifs is 2. The van der Waals surface area contributed by atoms with Crippen molar-refractivity contribution in [2.75, 3.05) is 12.8 Å². The highest BCUT2D eigenvalue weighted by molar-refractivity contribution is 6.07. The summed E-state index contributed by atoms with van der Waals surface area (Å²) in [7, 11) is 1.25. The summed E-state index contributed by atoms with van der Waals surface area (Å²) in [4.78, 5) is 31.4. The molecule has 3 heterocycles. The van der Waals surface area contributed by atoms with E-state index in [0.717, 1.165) is 0 Å². The van der Waals surface area contributed by atoms with Crippen LogP contribution in [0.4, 0.5) is 10.1 Å². The molecule has 0 atom stereocenters. The highest BCUT2D eigenvalue weighted by atomic mass is 19.1. The van der Waals surface area contributed by atoms with Crippen molar-refractivity contribution in [3.63, 3.8) is 0 Å². The van der Waals surface area contributed by atoms with Crippen LogP contribution in [0.5, 0.6) is 0 Å². The lowest BCUT2D eigenvalue weighted by molar-refractivity contribution is 0.0593. The van der Waals surface area contributed by atoms with Gasteiger partial charge >= 0.3 is 5.97 Å². The summed E-state index contributed by atoms with van der Waals surface area (Å²) in [6, 6.07) is 4.36. The summed E-state index contributed by atoms with van der Waals surface area (Å²) >= 11 is 0. The number of H-pyrrole nitrogens is 2. The van der Waals surface area contributed by atoms with Gasteiger partial charge in [-0.1, -0.05) is 6.07 Å². The largest absolute Gasteiger partial charge is 0.464 e. The molecule has 0 radical (unpaired) electrons. The second-order valence-corrected chi connectivity index (χ2v) is 6.04. The van der Waals surface area contributed by atoms with Crippen molar-refractivity contribution in [1.29, 1.82) is 0 Å². The first-order valence-electron chi connectivity index (χ1n) is 7.95. The third-order valence-corrected chi connectivity index (χ3v) is 4.42. The lowest BCUT2D eigenvalue weighted by Crippen LogP contribution is -2.16. The van der Waals surface area contributed by atoms with Crippen LogP contribution in [-0.4, -0.2) is 33.2 Å². The van der Waals surface area contributed by atoms with Crippen LogP contribution in [0.1, 0.15) is 16.1 Å². The van der Waals surface area contributed by atoms with Gasteiger partial charge in [0.2, 0.25) is 0 Å². The van der Waals surface area contributed by atoms with E-state index >= 15 is 0 Å². The first kappa shape index (κ1) is 16.7. The van der Waals surface area contributed by atoms with Crippen LogP contribution in [0.15, 0.2) is 29.2 Å². The molecule has 0 amide bonds. The van der Waals surface area contributed by atoms with Crippen LogP contribution in [0.3, 0.4) is 0 Å². The number of anilines is 1. The Labute approximate surface area is 151 Å². The van der Waals surface area contributed by atoms with Crippen molar-refractivity contribution in [1.82, 2.24) is 20.2 Å². The van der Waals surface area contributed by atoms with E-state index in [0.29, 0.717) is 33.1 Å². The molecular weight excluding hydrogens is 353 g/mol. The highest BCUT2D eigenvalue weighted by Crippen LogP contribution is 2.35. The van der Waals surface area contributed by atoms with Gasteiger partial charge in [0, 0.05) is 10.9 Å². The summed E-state index contributed by atoms with van der Waals surface area (Å²) < 4.78 is 18.8. The number of nitrogen functional groups attached to an aromatic ring is 1.